The quantitative estimate of drug-likeness (QED) is 0.304. The highest BCUT2D eigenvalue weighted by Gasteiger charge is 2.39. The lowest BCUT2D eigenvalue weighted by atomic mass is 9.82. The molecule has 176 valence electrons. The Labute approximate surface area is 192 Å². The molecule has 2 unspecified atom stereocenters. The zero-order chi connectivity index (χ0) is 24.6. The Kier molecular flexibility index (Phi) is 6.41. The lowest BCUT2D eigenvalue weighted by Gasteiger charge is -2.23. The van der Waals surface area contributed by atoms with Gasteiger partial charge in [-0.2, -0.15) is 0 Å². The standard InChI is InChI=1S/C26H19F5O3/c1-33-23-5-3-4-16(26(23)34-2)17-8-14(13-6-7-19(28)20(29)10-13)9-18(17)25(32)24-21(30)11-15(27)12-22(24)31/h3-7,9-12,17-18H,8H2,1-2H3. The van der Waals surface area contributed by atoms with Gasteiger partial charge in [0.1, 0.15) is 17.5 Å². The number of rotatable bonds is 6. The summed E-state index contributed by atoms with van der Waals surface area (Å²) in [4.78, 5) is 13.4. The average molecular weight is 474 g/mol. The van der Waals surface area contributed by atoms with Gasteiger partial charge in [0, 0.05) is 29.5 Å². The van der Waals surface area contributed by atoms with E-state index in [9.17, 15) is 26.7 Å². The van der Waals surface area contributed by atoms with Gasteiger partial charge in [0.05, 0.1) is 19.8 Å². The molecule has 1 aliphatic rings. The second-order valence-corrected chi connectivity index (χ2v) is 7.85. The molecular formula is C26H19F5O3. The van der Waals surface area contributed by atoms with Gasteiger partial charge in [0.15, 0.2) is 28.9 Å². The number of Topliss-reactive ketones (excluding diaryl/α,β-unsaturated/α-hetero) is 1. The summed E-state index contributed by atoms with van der Waals surface area (Å²) in [6.45, 7) is 0. The van der Waals surface area contributed by atoms with Gasteiger partial charge in [0.2, 0.25) is 0 Å². The van der Waals surface area contributed by atoms with Gasteiger partial charge in [-0.15, -0.1) is 0 Å². The smallest absolute Gasteiger partial charge is 0.176 e. The van der Waals surface area contributed by atoms with Gasteiger partial charge in [-0.05, 0) is 35.8 Å². The summed E-state index contributed by atoms with van der Waals surface area (Å²) < 4.78 is 80.5. The monoisotopic (exact) mass is 474 g/mol. The SMILES string of the molecule is COc1cccc(C2CC(c3ccc(F)c(F)c3)=CC2C(=O)c2c(F)cc(F)cc2F)c1OC. The Morgan fingerprint density at radius 2 is 1.56 bits per heavy atom. The predicted molar refractivity (Wildman–Crippen MR) is 115 cm³/mol. The van der Waals surface area contributed by atoms with Crippen molar-refractivity contribution in [3.05, 3.63) is 100 Å². The summed E-state index contributed by atoms with van der Waals surface area (Å²) in [5.74, 6) is -7.88. The minimum absolute atomic E-state index is 0.162. The molecule has 3 aromatic rings. The van der Waals surface area contributed by atoms with Crippen molar-refractivity contribution in [3.8, 4) is 11.5 Å². The van der Waals surface area contributed by atoms with Crippen LogP contribution in [0.4, 0.5) is 22.0 Å². The van der Waals surface area contributed by atoms with Crippen molar-refractivity contribution >= 4 is 11.4 Å². The van der Waals surface area contributed by atoms with Crippen molar-refractivity contribution in [3.63, 3.8) is 0 Å². The minimum atomic E-state index is -1.33. The van der Waals surface area contributed by atoms with Crippen LogP contribution in [0, 0.1) is 35.0 Å². The zero-order valence-corrected chi connectivity index (χ0v) is 18.2. The summed E-state index contributed by atoms with van der Waals surface area (Å²) in [6, 6.07) is 9.19. The summed E-state index contributed by atoms with van der Waals surface area (Å²) >= 11 is 0. The molecule has 0 aromatic heterocycles. The molecule has 0 fully saturated rings. The lowest BCUT2D eigenvalue weighted by molar-refractivity contribution is 0.0925. The first-order valence-corrected chi connectivity index (χ1v) is 10.3. The van der Waals surface area contributed by atoms with E-state index in [4.69, 9.17) is 9.47 Å². The summed E-state index contributed by atoms with van der Waals surface area (Å²) in [5, 5.41) is 0. The second-order valence-electron chi connectivity index (χ2n) is 7.85. The van der Waals surface area contributed by atoms with Crippen molar-refractivity contribution in [1.82, 2.24) is 0 Å². The lowest BCUT2D eigenvalue weighted by Crippen LogP contribution is -2.21. The first-order valence-electron chi connectivity index (χ1n) is 10.3. The van der Waals surface area contributed by atoms with E-state index < -0.39 is 52.3 Å². The van der Waals surface area contributed by atoms with Gasteiger partial charge in [-0.1, -0.05) is 24.3 Å². The molecule has 0 heterocycles. The maximum atomic E-state index is 14.5. The molecule has 1 aliphatic carbocycles. The fourth-order valence-electron chi connectivity index (χ4n) is 4.38. The van der Waals surface area contributed by atoms with Crippen molar-refractivity contribution in [2.24, 2.45) is 5.92 Å². The molecule has 3 nitrogen and oxygen atoms in total. The van der Waals surface area contributed by atoms with Crippen LogP contribution in [0.1, 0.15) is 33.8 Å². The van der Waals surface area contributed by atoms with E-state index in [0.717, 1.165) is 12.1 Å². The molecule has 0 aliphatic heterocycles. The molecule has 0 amide bonds. The van der Waals surface area contributed by atoms with Crippen molar-refractivity contribution in [2.75, 3.05) is 14.2 Å². The largest absolute Gasteiger partial charge is 0.493 e. The average Bonchev–Trinajstić information content (AvgIpc) is 3.24. The number of benzene rings is 3. The van der Waals surface area contributed by atoms with E-state index in [1.807, 2.05) is 0 Å². The van der Waals surface area contributed by atoms with Crippen LogP contribution in [-0.4, -0.2) is 20.0 Å². The van der Waals surface area contributed by atoms with Crippen LogP contribution in [0.2, 0.25) is 0 Å². The topological polar surface area (TPSA) is 35.5 Å². The van der Waals surface area contributed by atoms with Gasteiger partial charge in [-0.25, -0.2) is 22.0 Å². The van der Waals surface area contributed by atoms with E-state index in [1.54, 1.807) is 18.2 Å². The fraction of sp³-hybridized carbons (Fsp3) is 0.192. The normalized spacial score (nSPS) is 17.4. The predicted octanol–water partition coefficient (Wildman–Crippen LogP) is 6.47. The number of hydrogen-bond donors (Lipinski definition) is 0. The van der Waals surface area contributed by atoms with E-state index in [2.05, 4.69) is 0 Å². The molecule has 0 saturated carbocycles. The van der Waals surface area contributed by atoms with Crippen LogP contribution >= 0.6 is 0 Å². The number of carbonyl (C=O) groups is 1. The molecule has 0 N–H and O–H groups in total. The van der Waals surface area contributed by atoms with Gasteiger partial charge in [-0.3, -0.25) is 4.79 Å². The van der Waals surface area contributed by atoms with Crippen molar-refractivity contribution < 1.29 is 36.2 Å². The first-order chi connectivity index (χ1) is 16.2. The highest BCUT2D eigenvalue weighted by Crippen LogP contribution is 2.49. The minimum Gasteiger partial charge on any atom is -0.493 e. The summed E-state index contributed by atoms with van der Waals surface area (Å²) in [6.07, 6.45) is 1.64. The van der Waals surface area contributed by atoms with E-state index in [-0.39, 0.29) is 6.42 Å². The number of para-hydroxylation sites is 1. The van der Waals surface area contributed by atoms with Gasteiger partial charge >= 0.3 is 0 Å². The molecule has 0 spiro atoms. The van der Waals surface area contributed by atoms with Crippen LogP contribution in [0.3, 0.4) is 0 Å². The van der Waals surface area contributed by atoms with Crippen molar-refractivity contribution in [2.45, 2.75) is 12.3 Å². The Hall–Kier alpha value is -3.68. The van der Waals surface area contributed by atoms with Crippen LogP contribution in [0.5, 0.6) is 11.5 Å². The molecule has 0 radical (unpaired) electrons. The van der Waals surface area contributed by atoms with Crippen LogP contribution in [0.25, 0.3) is 5.57 Å². The molecule has 3 aromatic carbocycles. The van der Waals surface area contributed by atoms with E-state index >= 15 is 0 Å². The number of carbonyl (C=O) groups excluding carboxylic acids is 1. The summed E-state index contributed by atoms with van der Waals surface area (Å²) in [7, 11) is 2.85. The third-order valence-electron chi connectivity index (χ3n) is 5.93. The summed E-state index contributed by atoms with van der Waals surface area (Å²) in [5.41, 5.74) is 0.453. The second kappa shape index (κ2) is 9.29. The number of ketones is 1. The number of hydrogen-bond acceptors (Lipinski definition) is 3. The molecular weight excluding hydrogens is 455 g/mol. The van der Waals surface area contributed by atoms with Gasteiger partial charge in [0.25, 0.3) is 0 Å². The maximum Gasteiger partial charge on any atom is 0.176 e. The number of ether oxygens (including phenoxy) is 2. The molecule has 0 saturated heterocycles. The van der Waals surface area contributed by atoms with Crippen LogP contribution in [-0.2, 0) is 0 Å². The number of allylic oxidation sites excluding steroid dienone is 2. The number of methoxy groups -OCH3 is 2. The molecule has 0 bridgehead atoms. The molecule has 2 atom stereocenters. The third kappa shape index (κ3) is 4.16. The molecule has 8 heteroatoms. The van der Waals surface area contributed by atoms with E-state index in [0.29, 0.717) is 40.3 Å². The maximum absolute atomic E-state index is 14.5. The first kappa shape index (κ1) is 23.5. The third-order valence-corrected chi connectivity index (χ3v) is 5.93. The highest BCUT2D eigenvalue weighted by molar-refractivity contribution is 6.02. The van der Waals surface area contributed by atoms with E-state index in [1.165, 1.54) is 26.4 Å². The van der Waals surface area contributed by atoms with Crippen LogP contribution < -0.4 is 9.47 Å². The Morgan fingerprint density at radius 3 is 2.18 bits per heavy atom. The van der Waals surface area contributed by atoms with Gasteiger partial charge < -0.3 is 9.47 Å². The van der Waals surface area contributed by atoms with Crippen LogP contribution in [0.15, 0.2) is 54.6 Å². The molecule has 34 heavy (non-hydrogen) atoms. The Balaban J connectivity index is 1.86. The molecule has 4 rings (SSSR count). The Morgan fingerprint density at radius 1 is 0.853 bits per heavy atom. The zero-order valence-electron chi connectivity index (χ0n) is 18.2. The Bertz CT molecular complexity index is 1280. The fourth-order valence-corrected chi connectivity index (χ4v) is 4.38. The van der Waals surface area contributed by atoms with Crippen molar-refractivity contribution in [1.29, 1.82) is 0 Å². The number of halogens is 5. The highest BCUT2D eigenvalue weighted by atomic mass is 19.2.